The number of rotatable bonds is 7. The van der Waals surface area contributed by atoms with Gasteiger partial charge in [-0.2, -0.15) is 0 Å². The molecule has 0 saturated carbocycles. The molecule has 1 N–H and O–H groups in total. The summed E-state index contributed by atoms with van der Waals surface area (Å²) < 4.78 is 18.9. The van der Waals surface area contributed by atoms with E-state index in [9.17, 15) is 9.18 Å². The van der Waals surface area contributed by atoms with Crippen LogP contribution in [0.2, 0.25) is 0 Å². The zero-order valence-electron chi connectivity index (χ0n) is 13.3. The lowest BCUT2D eigenvalue weighted by molar-refractivity contribution is 0.0949. The van der Waals surface area contributed by atoms with Crippen molar-refractivity contribution in [3.63, 3.8) is 0 Å². The lowest BCUT2D eigenvalue weighted by Gasteiger charge is -2.04. The lowest BCUT2D eigenvalue weighted by atomic mass is 10.2. The monoisotopic (exact) mass is 357 g/mol. The standard InChI is InChI=1S/C18H16FN3O2S/c19-14-6-1-2-7-16(14)24-11-17-22-15(12-25-17)18(23)21-10-8-13-5-3-4-9-20-13/h1-7,9,12H,8,10-11H2,(H,21,23). The van der Waals surface area contributed by atoms with E-state index in [1.54, 1.807) is 29.8 Å². The van der Waals surface area contributed by atoms with Crippen molar-refractivity contribution in [1.82, 2.24) is 15.3 Å². The summed E-state index contributed by atoms with van der Waals surface area (Å²) in [6.07, 6.45) is 2.37. The molecule has 2 aromatic heterocycles. The maximum atomic E-state index is 13.5. The van der Waals surface area contributed by atoms with Crippen molar-refractivity contribution in [2.75, 3.05) is 6.54 Å². The number of pyridine rings is 1. The molecule has 7 heteroatoms. The first-order chi connectivity index (χ1) is 12.2. The topological polar surface area (TPSA) is 64.1 Å². The Morgan fingerprint density at radius 3 is 2.84 bits per heavy atom. The van der Waals surface area contributed by atoms with Gasteiger partial charge in [0.05, 0.1) is 0 Å². The van der Waals surface area contributed by atoms with Crippen LogP contribution < -0.4 is 10.1 Å². The number of hydrogen-bond acceptors (Lipinski definition) is 5. The average molecular weight is 357 g/mol. The Hall–Kier alpha value is -2.80. The van der Waals surface area contributed by atoms with E-state index in [2.05, 4.69) is 15.3 Å². The van der Waals surface area contributed by atoms with Gasteiger partial charge < -0.3 is 10.1 Å². The molecule has 0 unspecified atom stereocenters. The van der Waals surface area contributed by atoms with Crippen molar-refractivity contribution in [3.8, 4) is 5.75 Å². The number of halogens is 1. The zero-order valence-corrected chi connectivity index (χ0v) is 14.1. The minimum Gasteiger partial charge on any atom is -0.483 e. The van der Waals surface area contributed by atoms with Gasteiger partial charge in [-0.15, -0.1) is 11.3 Å². The highest BCUT2D eigenvalue weighted by Crippen LogP contribution is 2.18. The van der Waals surface area contributed by atoms with Gasteiger partial charge in [-0.05, 0) is 24.3 Å². The number of carbonyl (C=O) groups excluding carboxylic acids is 1. The Morgan fingerprint density at radius 1 is 1.20 bits per heavy atom. The average Bonchev–Trinajstić information content (AvgIpc) is 3.11. The lowest BCUT2D eigenvalue weighted by Crippen LogP contribution is -2.26. The summed E-state index contributed by atoms with van der Waals surface area (Å²) >= 11 is 1.30. The summed E-state index contributed by atoms with van der Waals surface area (Å²) in [5.74, 6) is -0.505. The third-order valence-corrected chi connectivity index (χ3v) is 4.19. The van der Waals surface area contributed by atoms with Crippen LogP contribution in [0.4, 0.5) is 4.39 Å². The Labute approximate surface area is 148 Å². The molecule has 0 atom stereocenters. The molecule has 0 aliphatic rings. The number of ether oxygens (including phenoxy) is 1. The van der Waals surface area contributed by atoms with Gasteiger partial charge in [-0.25, -0.2) is 9.37 Å². The predicted molar refractivity (Wildman–Crippen MR) is 93.1 cm³/mol. The summed E-state index contributed by atoms with van der Waals surface area (Å²) in [7, 11) is 0. The van der Waals surface area contributed by atoms with Crippen LogP contribution in [0, 0.1) is 5.82 Å². The molecule has 0 fully saturated rings. The van der Waals surface area contributed by atoms with Gasteiger partial charge in [-0.3, -0.25) is 9.78 Å². The number of thiazole rings is 1. The fourth-order valence-corrected chi connectivity index (χ4v) is 2.81. The third kappa shape index (κ3) is 4.84. The Balaban J connectivity index is 1.49. The van der Waals surface area contributed by atoms with Crippen LogP contribution in [0.5, 0.6) is 5.75 Å². The van der Waals surface area contributed by atoms with Crippen LogP contribution in [0.25, 0.3) is 0 Å². The van der Waals surface area contributed by atoms with Crippen molar-refractivity contribution in [2.45, 2.75) is 13.0 Å². The van der Waals surface area contributed by atoms with Gasteiger partial charge >= 0.3 is 0 Å². The molecule has 1 amide bonds. The molecule has 0 saturated heterocycles. The van der Waals surface area contributed by atoms with Gasteiger partial charge in [0.25, 0.3) is 5.91 Å². The van der Waals surface area contributed by atoms with Crippen LogP contribution in [0.3, 0.4) is 0 Å². The first kappa shape index (κ1) is 17.0. The highest BCUT2D eigenvalue weighted by Gasteiger charge is 2.11. The first-order valence-corrected chi connectivity index (χ1v) is 8.60. The van der Waals surface area contributed by atoms with Crippen molar-refractivity contribution in [1.29, 1.82) is 0 Å². The number of nitrogens with zero attached hydrogens (tertiary/aromatic N) is 2. The Morgan fingerprint density at radius 2 is 2.04 bits per heavy atom. The number of nitrogens with one attached hydrogen (secondary N) is 1. The van der Waals surface area contributed by atoms with Gasteiger partial charge in [0, 0.05) is 30.2 Å². The minimum absolute atomic E-state index is 0.118. The Bertz CT molecular complexity index is 839. The van der Waals surface area contributed by atoms with Gasteiger partial charge in [0.2, 0.25) is 0 Å². The number of para-hydroxylation sites is 1. The van der Waals surface area contributed by atoms with Crippen LogP contribution >= 0.6 is 11.3 Å². The molecular formula is C18H16FN3O2S. The summed E-state index contributed by atoms with van der Waals surface area (Å²) in [6, 6.07) is 11.8. The second-order valence-electron chi connectivity index (χ2n) is 5.17. The fourth-order valence-electron chi connectivity index (χ4n) is 2.12. The minimum atomic E-state index is -0.424. The number of hydrogen-bond donors (Lipinski definition) is 1. The predicted octanol–water partition coefficient (Wildman–Crippen LogP) is 3.23. The SMILES string of the molecule is O=C(NCCc1ccccn1)c1csc(COc2ccccc2F)n1. The summed E-state index contributed by atoms with van der Waals surface area (Å²) in [4.78, 5) is 20.5. The molecule has 3 rings (SSSR count). The zero-order chi connectivity index (χ0) is 17.5. The van der Waals surface area contributed by atoms with E-state index in [1.807, 2.05) is 18.2 Å². The smallest absolute Gasteiger partial charge is 0.270 e. The van der Waals surface area contributed by atoms with E-state index < -0.39 is 5.82 Å². The second-order valence-corrected chi connectivity index (χ2v) is 6.12. The van der Waals surface area contributed by atoms with Gasteiger partial charge in [0.15, 0.2) is 11.6 Å². The molecule has 5 nitrogen and oxygen atoms in total. The molecule has 3 aromatic rings. The molecule has 0 aliphatic carbocycles. The quantitative estimate of drug-likeness (QED) is 0.705. The molecule has 2 heterocycles. The number of benzene rings is 1. The first-order valence-electron chi connectivity index (χ1n) is 7.72. The van der Waals surface area contributed by atoms with Crippen LogP contribution in [0.1, 0.15) is 21.2 Å². The normalized spacial score (nSPS) is 10.4. The summed E-state index contributed by atoms with van der Waals surface area (Å²) in [6.45, 7) is 0.598. The van der Waals surface area contributed by atoms with Crippen LogP contribution in [-0.2, 0) is 13.0 Å². The highest BCUT2D eigenvalue weighted by molar-refractivity contribution is 7.09. The molecule has 0 spiro atoms. The third-order valence-electron chi connectivity index (χ3n) is 3.37. The summed E-state index contributed by atoms with van der Waals surface area (Å²) in [5.41, 5.74) is 1.25. The maximum absolute atomic E-state index is 13.5. The van der Waals surface area contributed by atoms with Gasteiger partial charge in [-0.1, -0.05) is 18.2 Å². The van der Waals surface area contributed by atoms with E-state index in [-0.39, 0.29) is 18.3 Å². The van der Waals surface area contributed by atoms with E-state index in [1.165, 1.54) is 17.4 Å². The molecule has 25 heavy (non-hydrogen) atoms. The van der Waals surface area contributed by atoms with Crippen molar-refractivity contribution in [2.24, 2.45) is 0 Å². The van der Waals surface area contributed by atoms with Crippen molar-refractivity contribution < 1.29 is 13.9 Å². The Kier molecular flexibility index (Phi) is 5.69. The van der Waals surface area contributed by atoms with Crippen molar-refractivity contribution in [3.05, 3.63) is 76.3 Å². The molecule has 128 valence electrons. The van der Waals surface area contributed by atoms with Crippen LogP contribution in [-0.4, -0.2) is 22.4 Å². The van der Waals surface area contributed by atoms with E-state index in [0.29, 0.717) is 23.7 Å². The van der Waals surface area contributed by atoms with E-state index in [4.69, 9.17) is 4.74 Å². The van der Waals surface area contributed by atoms with Crippen LogP contribution in [0.15, 0.2) is 54.0 Å². The fraction of sp³-hybridized carbons (Fsp3) is 0.167. The molecule has 0 aliphatic heterocycles. The number of amides is 1. The van der Waals surface area contributed by atoms with Crippen molar-refractivity contribution >= 4 is 17.2 Å². The highest BCUT2D eigenvalue weighted by atomic mass is 32.1. The summed E-state index contributed by atoms with van der Waals surface area (Å²) in [5, 5.41) is 5.08. The molecule has 0 bridgehead atoms. The van der Waals surface area contributed by atoms with Gasteiger partial charge in [0.1, 0.15) is 17.3 Å². The molecule has 0 radical (unpaired) electrons. The van der Waals surface area contributed by atoms with E-state index in [0.717, 1.165) is 5.69 Å². The number of carbonyl (C=O) groups is 1. The number of aromatic nitrogens is 2. The van der Waals surface area contributed by atoms with E-state index >= 15 is 0 Å². The molecule has 1 aromatic carbocycles. The molecular weight excluding hydrogens is 341 g/mol. The second kappa shape index (κ2) is 8.34. The largest absolute Gasteiger partial charge is 0.483 e. The maximum Gasteiger partial charge on any atom is 0.270 e.